The first-order chi connectivity index (χ1) is 16.1. The van der Waals surface area contributed by atoms with Gasteiger partial charge in [-0.15, -0.1) is 0 Å². The topological polar surface area (TPSA) is 98.2 Å². The van der Waals surface area contributed by atoms with E-state index in [1.165, 1.54) is 7.11 Å². The Labute approximate surface area is 191 Å². The van der Waals surface area contributed by atoms with Gasteiger partial charge < -0.3 is 24.3 Å². The smallest absolute Gasteiger partial charge is 0.305 e. The lowest BCUT2D eigenvalue weighted by molar-refractivity contribution is -0.140. The average molecular weight is 449 g/mol. The van der Waals surface area contributed by atoms with E-state index in [9.17, 15) is 9.59 Å². The van der Waals surface area contributed by atoms with Crippen molar-refractivity contribution in [3.8, 4) is 17.0 Å². The molecule has 8 nitrogen and oxygen atoms in total. The molecule has 0 unspecified atom stereocenters. The molecule has 0 aliphatic rings. The van der Waals surface area contributed by atoms with E-state index in [0.29, 0.717) is 13.0 Å². The maximum Gasteiger partial charge on any atom is 0.305 e. The van der Waals surface area contributed by atoms with Crippen molar-refractivity contribution in [2.75, 3.05) is 20.8 Å². The molecule has 3 aromatic heterocycles. The van der Waals surface area contributed by atoms with Gasteiger partial charge in [-0.1, -0.05) is 6.42 Å². The number of amides is 1. The molecule has 172 valence electrons. The third kappa shape index (κ3) is 5.16. The zero-order chi connectivity index (χ0) is 23.2. The number of hydrogen-bond donors (Lipinski definition) is 2. The second kappa shape index (κ2) is 10.2. The van der Waals surface area contributed by atoms with Crippen LogP contribution in [0.5, 0.6) is 5.75 Å². The van der Waals surface area contributed by atoms with Crippen molar-refractivity contribution in [1.29, 1.82) is 0 Å². The van der Waals surface area contributed by atoms with Crippen LogP contribution in [0.15, 0.2) is 48.8 Å². The monoisotopic (exact) mass is 448 g/mol. The molecule has 0 aliphatic heterocycles. The first-order valence-corrected chi connectivity index (χ1v) is 11.0. The number of aromatic nitrogens is 3. The number of H-pyrrole nitrogens is 1. The highest BCUT2D eigenvalue weighted by Gasteiger charge is 2.15. The molecule has 33 heavy (non-hydrogen) atoms. The van der Waals surface area contributed by atoms with Crippen LogP contribution in [0, 0.1) is 0 Å². The summed E-state index contributed by atoms with van der Waals surface area (Å²) in [6.07, 6.45) is 6.60. The van der Waals surface area contributed by atoms with Crippen LogP contribution in [0.1, 0.15) is 25.7 Å². The van der Waals surface area contributed by atoms with Crippen molar-refractivity contribution in [1.82, 2.24) is 19.9 Å². The van der Waals surface area contributed by atoms with Gasteiger partial charge in [-0.3, -0.25) is 9.59 Å². The summed E-state index contributed by atoms with van der Waals surface area (Å²) in [5.41, 5.74) is 3.69. The van der Waals surface area contributed by atoms with E-state index in [2.05, 4.69) is 26.1 Å². The molecule has 1 aromatic carbocycles. The Morgan fingerprint density at radius 1 is 1.12 bits per heavy atom. The normalized spacial score (nSPS) is 11.1. The first-order valence-electron chi connectivity index (χ1n) is 11.0. The van der Waals surface area contributed by atoms with Crippen molar-refractivity contribution in [3.05, 3.63) is 48.8 Å². The van der Waals surface area contributed by atoms with E-state index in [-0.39, 0.29) is 18.4 Å². The summed E-state index contributed by atoms with van der Waals surface area (Å²) in [7, 11) is 3.04. The molecule has 2 N–H and O–H groups in total. The van der Waals surface area contributed by atoms with E-state index in [0.717, 1.165) is 58.2 Å². The summed E-state index contributed by atoms with van der Waals surface area (Å²) in [4.78, 5) is 31.5. The lowest BCUT2D eigenvalue weighted by Gasteiger charge is -2.08. The van der Waals surface area contributed by atoms with E-state index in [1.54, 1.807) is 13.3 Å². The third-order valence-electron chi connectivity index (χ3n) is 5.69. The number of methoxy groups -OCH3 is 2. The van der Waals surface area contributed by atoms with Gasteiger partial charge in [-0.2, -0.15) is 0 Å². The number of hydrogen-bond acceptors (Lipinski definition) is 5. The molecule has 3 heterocycles. The third-order valence-corrected chi connectivity index (χ3v) is 5.69. The van der Waals surface area contributed by atoms with E-state index in [1.807, 2.05) is 41.1 Å². The van der Waals surface area contributed by atoms with Gasteiger partial charge in [0.2, 0.25) is 5.91 Å². The number of rotatable bonds is 10. The summed E-state index contributed by atoms with van der Waals surface area (Å²) in [5.74, 6) is 0.504. The number of carbonyl (C=O) groups is 2. The number of nitrogens with one attached hydrogen (secondary N) is 2. The fraction of sp³-hybridized carbons (Fsp3) is 0.320. The van der Waals surface area contributed by atoms with Gasteiger partial charge in [0.15, 0.2) is 0 Å². The van der Waals surface area contributed by atoms with E-state index < -0.39 is 0 Å². The number of ether oxygens (including phenoxy) is 2. The minimum atomic E-state index is -0.197. The highest BCUT2D eigenvalue weighted by atomic mass is 16.5. The maximum absolute atomic E-state index is 12.6. The summed E-state index contributed by atoms with van der Waals surface area (Å²) < 4.78 is 12.0. The molecule has 0 atom stereocenters. The highest BCUT2D eigenvalue weighted by molar-refractivity contribution is 5.99. The average Bonchev–Trinajstić information content (AvgIpc) is 3.42. The number of unbranched alkanes of at least 4 members (excludes halogenated alkanes) is 2. The predicted octanol–water partition coefficient (Wildman–Crippen LogP) is 4.04. The van der Waals surface area contributed by atoms with E-state index >= 15 is 0 Å². The summed E-state index contributed by atoms with van der Waals surface area (Å²) >= 11 is 0. The molecule has 0 bridgehead atoms. The number of benzene rings is 1. The number of nitrogens with zero attached hydrogens (tertiary/aromatic N) is 2. The van der Waals surface area contributed by atoms with Crippen molar-refractivity contribution in [2.24, 2.45) is 0 Å². The molecule has 1 amide bonds. The van der Waals surface area contributed by atoms with Gasteiger partial charge in [0.05, 0.1) is 14.2 Å². The Morgan fingerprint density at radius 2 is 2.00 bits per heavy atom. The van der Waals surface area contributed by atoms with Crippen LogP contribution in [0.4, 0.5) is 0 Å². The lowest BCUT2D eigenvalue weighted by atomic mass is 10.1. The molecule has 4 aromatic rings. The van der Waals surface area contributed by atoms with Crippen molar-refractivity contribution in [3.63, 3.8) is 0 Å². The van der Waals surface area contributed by atoms with Crippen LogP contribution >= 0.6 is 0 Å². The maximum atomic E-state index is 12.6. The second-order valence-corrected chi connectivity index (χ2v) is 7.91. The molecule has 0 saturated heterocycles. The van der Waals surface area contributed by atoms with Gasteiger partial charge >= 0.3 is 5.97 Å². The molecule has 0 saturated carbocycles. The number of fused-ring (bicyclic) bond motifs is 2. The number of aromatic amines is 1. The summed E-state index contributed by atoms with van der Waals surface area (Å²) in [6, 6.07) is 11.8. The quantitative estimate of drug-likeness (QED) is 0.282. The van der Waals surface area contributed by atoms with Crippen molar-refractivity contribution >= 4 is 33.8 Å². The van der Waals surface area contributed by atoms with Gasteiger partial charge in [0.25, 0.3) is 0 Å². The molecule has 4 rings (SSSR count). The zero-order valence-electron chi connectivity index (χ0n) is 18.9. The molecule has 0 radical (unpaired) electrons. The molecule has 0 fully saturated rings. The van der Waals surface area contributed by atoms with Crippen LogP contribution < -0.4 is 10.1 Å². The summed E-state index contributed by atoms with van der Waals surface area (Å²) in [5, 5.41) is 5.00. The van der Waals surface area contributed by atoms with Crippen LogP contribution in [0.3, 0.4) is 0 Å². The van der Waals surface area contributed by atoms with Crippen LogP contribution in [0.2, 0.25) is 0 Å². The van der Waals surface area contributed by atoms with Gasteiger partial charge in [0, 0.05) is 52.9 Å². The van der Waals surface area contributed by atoms with Crippen LogP contribution in [-0.4, -0.2) is 47.2 Å². The predicted molar refractivity (Wildman–Crippen MR) is 127 cm³/mol. The standard InChI is InChI=1S/C25H28N4O4/c1-32-18-9-10-22-19(14-18)20(21-13-17-7-6-12-27-25(17)28-21)15-29(22)16-23(30)26-11-5-3-4-8-24(31)33-2/h6-7,9-10,12-15H,3-5,8,11,16H2,1-2H3,(H,26,30)(H,27,28). The van der Waals surface area contributed by atoms with Crippen molar-refractivity contribution < 1.29 is 19.1 Å². The minimum Gasteiger partial charge on any atom is -0.497 e. The van der Waals surface area contributed by atoms with Gasteiger partial charge in [-0.05, 0) is 49.2 Å². The highest BCUT2D eigenvalue weighted by Crippen LogP contribution is 2.34. The Balaban J connectivity index is 1.48. The Kier molecular flexibility index (Phi) is 6.92. The Morgan fingerprint density at radius 3 is 2.79 bits per heavy atom. The van der Waals surface area contributed by atoms with Gasteiger partial charge in [-0.25, -0.2) is 4.98 Å². The number of pyridine rings is 1. The molecular formula is C25H28N4O4. The number of esters is 1. The SMILES string of the molecule is COC(=O)CCCCCNC(=O)Cn1cc(-c2cc3cccnc3[nH]2)c2cc(OC)ccc21. The summed E-state index contributed by atoms with van der Waals surface area (Å²) in [6.45, 7) is 0.789. The van der Waals surface area contributed by atoms with Crippen molar-refractivity contribution in [2.45, 2.75) is 32.2 Å². The first kappa shape index (κ1) is 22.4. The zero-order valence-corrected chi connectivity index (χ0v) is 18.9. The molecular weight excluding hydrogens is 420 g/mol. The molecule has 0 spiro atoms. The fourth-order valence-corrected chi connectivity index (χ4v) is 3.96. The Hall–Kier alpha value is -3.81. The fourth-order valence-electron chi connectivity index (χ4n) is 3.96. The van der Waals surface area contributed by atoms with Gasteiger partial charge in [0.1, 0.15) is 17.9 Å². The molecule has 8 heteroatoms. The Bertz CT molecular complexity index is 1240. The second-order valence-electron chi connectivity index (χ2n) is 7.91. The molecule has 0 aliphatic carbocycles. The lowest BCUT2D eigenvalue weighted by Crippen LogP contribution is -2.28. The van der Waals surface area contributed by atoms with Crippen LogP contribution in [0.25, 0.3) is 33.2 Å². The largest absolute Gasteiger partial charge is 0.497 e. The van der Waals surface area contributed by atoms with E-state index in [4.69, 9.17) is 4.74 Å². The minimum absolute atomic E-state index is 0.0550. The number of carbonyl (C=O) groups excluding carboxylic acids is 2. The van der Waals surface area contributed by atoms with Crippen LogP contribution in [-0.2, 0) is 20.9 Å².